The number of rotatable bonds is 3. The lowest BCUT2D eigenvalue weighted by Crippen LogP contribution is -1.90. The van der Waals surface area contributed by atoms with Crippen LogP contribution in [0.25, 0.3) is 11.5 Å². The van der Waals surface area contributed by atoms with Gasteiger partial charge in [-0.2, -0.15) is 0 Å². The summed E-state index contributed by atoms with van der Waals surface area (Å²) in [6.07, 6.45) is 0. The molecule has 2 rings (SSSR count). The summed E-state index contributed by atoms with van der Waals surface area (Å²) < 4.78 is 5.37. The Morgan fingerprint density at radius 3 is 2.72 bits per heavy atom. The van der Waals surface area contributed by atoms with Crippen LogP contribution in [0.2, 0.25) is 0 Å². The third kappa shape index (κ3) is 2.33. The first-order valence-corrected chi connectivity index (χ1v) is 5.65. The van der Waals surface area contributed by atoms with Gasteiger partial charge in [0.1, 0.15) is 5.38 Å². The highest BCUT2D eigenvalue weighted by atomic mass is 35.5. The number of benzene rings is 1. The predicted molar refractivity (Wildman–Crippen MR) is 65.4 cm³/mol. The second kappa shape index (κ2) is 4.73. The van der Waals surface area contributed by atoms with Crippen LogP contribution in [0.15, 0.2) is 22.6 Å². The van der Waals surface area contributed by atoms with E-state index in [0.29, 0.717) is 5.56 Å². The van der Waals surface area contributed by atoms with Crippen molar-refractivity contribution < 1.29 is 9.34 Å². The van der Waals surface area contributed by atoms with Gasteiger partial charge in [-0.25, -0.2) is 0 Å². The number of nitro benzene ring substituents is 1. The van der Waals surface area contributed by atoms with Gasteiger partial charge >= 0.3 is 0 Å². The number of alkyl halides is 1. The van der Waals surface area contributed by atoms with E-state index in [-0.39, 0.29) is 17.5 Å². The van der Waals surface area contributed by atoms with E-state index >= 15 is 0 Å². The SMILES string of the molecule is Cc1ccc([N+](=O)[O-])cc1-c1nnc(C(C)Cl)o1. The maximum Gasteiger partial charge on any atom is 0.270 e. The standard InChI is InChI=1S/C11H10ClN3O3/c1-6-3-4-8(15(16)17)5-9(6)11-14-13-10(18-11)7(2)12/h3-5,7H,1-2H3. The van der Waals surface area contributed by atoms with Crippen molar-refractivity contribution in [2.75, 3.05) is 0 Å². The Balaban J connectivity index is 2.48. The number of nitro groups is 1. The van der Waals surface area contributed by atoms with E-state index < -0.39 is 10.3 Å². The first-order chi connectivity index (χ1) is 8.49. The number of hydrogen-bond donors (Lipinski definition) is 0. The van der Waals surface area contributed by atoms with Crippen molar-refractivity contribution in [3.05, 3.63) is 39.8 Å². The maximum atomic E-state index is 10.7. The molecular formula is C11H10ClN3O3. The Labute approximate surface area is 108 Å². The average molecular weight is 268 g/mol. The largest absolute Gasteiger partial charge is 0.419 e. The fourth-order valence-corrected chi connectivity index (χ4v) is 1.55. The molecule has 1 aromatic carbocycles. The molecule has 94 valence electrons. The van der Waals surface area contributed by atoms with E-state index in [1.807, 2.05) is 6.92 Å². The molecule has 0 saturated carbocycles. The minimum atomic E-state index is -0.468. The van der Waals surface area contributed by atoms with Crippen molar-refractivity contribution >= 4 is 17.3 Å². The summed E-state index contributed by atoms with van der Waals surface area (Å²) in [7, 11) is 0. The summed E-state index contributed by atoms with van der Waals surface area (Å²) in [5.74, 6) is 0.524. The van der Waals surface area contributed by atoms with E-state index in [9.17, 15) is 10.1 Å². The van der Waals surface area contributed by atoms with Crippen molar-refractivity contribution in [3.63, 3.8) is 0 Å². The topological polar surface area (TPSA) is 82.1 Å². The van der Waals surface area contributed by atoms with Gasteiger partial charge in [0, 0.05) is 17.7 Å². The van der Waals surface area contributed by atoms with Crippen LogP contribution in [-0.2, 0) is 0 Å². The van der Waals surface area contributed by atoms with E-state index in [1.165, 1.54) is 12.1 Å². The Hall–Kier alpha value is -1.95. The molecule has 0 spiro atoms. The third-order valence-corrected chi connectivity index (χ3v) is 2.63. The van der Waals surface area contributed by atoms with Gasteiger partial charge in [-0.05, 0) is 19.4 Å². The summed E-state index contributed by atoms with van der Waals surface area (Å²) in [5.41, 5.74) is 1.34. The van der Waals surface area contributed by atoms with Crippen LogP contribution >= 0.6 is 11.6 Å². The van der Waals surface area contributed by atoms with E-state index in [2.05, 4.69) is 10.2 Å². The summed E-state index contributed by atoms with van der Waals surface area (Å²) >= 11 is 5.82. The van der Waals surface area contributed by atoms with Gasteiger partial charge in [-0.1, -0.05) is 6.07 Å². The Bertz CT molecular complexity index is 595. The predicted octanol–water partition coefficient (Wildman–Crippen LogP) is 3.25. The number of hydrogen-bond acceptors (Lipinski definition) is 5. The number of non-ortho nitro benzene ring substituents is 1. The van der Waals surface area contributed by atoms with E-state index in [4.69, 9.17) is 16.0 Å². The number of aryl methyl sites for hydroxylation is 1. The van der Waals surface area contributed by atoms with Crippen molar-refractivity contribution in [1.29, 1.82) is 0 Å². The molecule has 0 bridgehead atoms. The molecule has 0 N–H and O–H groups in total. The number of nitrogens with zero attached hydrogens (tertiary/aromatic N) is 3. The Morgan fingerprint density at radius 1 is 1.44 bits per heavy atom. The van der Waals surface area contributed by atoms with Crippen molar-refractivity contribution in [2.24, 2.45) is 0 Å². The molecule has 7 heteroatoms. The Morgan fingerprint density at radius 2 is 2.17 bits per heavy atom. The third-order valence-electron chi connectivity index (χ3n) is 2.44. The molecule has 0 aliphatic heterocycles. The Kier molecular flexibility index (Phi) is 3.29. The number of aromatic nitrogens is 2. The van der Waals surface area contributed by atoms with Crippen LogP contribution in [0.5, 0.6) is 0 Å². The van der Waals surface area contributed by atoms with Gasteiger partial charge in [-0.15, -0.1) is 21.8 Å². The van der Waals surface area contributed by atoms with Gasteiger partial charge in [0.25, 0.3) is 5.69 Å². The van der Waals surface area contributed by atoms with Crippen LogP contribution in [0, 0.1) is 17.0 Å². The zero-order chi connectivity index (χ0) is 13.3. The maximum absolute atomic E-state index is 10.7. The highest BCUT2D eigenvalue weighted by Crippen LogP contribution is 2.28. The summed E-state index contributed by atoms with van der Waals surface area (Å²) in [6.45, 7) is 3.52. The summed E-state index contributed by atoms with van der Waals surface area (Å²) in [4.78, 5) is 10.3. The smallest absolute Gasteiger partial charge is 0.270 e. The molecule has 0 aliphatic carbocycles. The van der Waals surface area contributed by atoms with Gasteiger partial charge < -0.3 is 4.42 Å². The van der Waals surface area contributed by atoms with Crippen molar-refractivity contribution in [3.8, 4) is 11.5 Å². The molecule has 1 aromatic heterocycles. The van der Waals surface area contributed by atoms with Crippen LogP contribution in [-0.4, -0.2) is 15.1 Å². The summed E-state index contributed by atoms with van der Waals surface area (Å²) in [5, 5.41) is 18.0. The van der Waals surface area contributed by atoms with Gasteiger partial charge in [0.05, 0.1) is 4.92 Å². The van der Waals surface area contributed by atoms with Crippen LogP contribution in [0.1, 0.15) is 23.8 Å². The first kappa shape index (κ1) is 12.5. The molecule has 0 saturated heterocycles. The van der Waals surface area contributed by atoms with Gasteiger partial charge in [-0.3, -0.25) is 10.1 Å². The molecule has 1 heterocycles. The second-order valence-corrected chi connectivity index (χ2v) is 4.47. The first-order valence-electron chi connectivity index (χ1n) is 5.22. The highest BCUT2D eigenvalue weighted by Gasteiger charge is 2.17. The quantitative estimate of drug-likeness (QED) is 0.484. The molecule has 1 atom stereocenters. The fourth-order valence-electron chi connectivity index (χ4n) is 1.46. The molecule has 18 heavy (non-hydrogen) atoms. The minimum Gasteiger partial charge on any atom is -0.419 e. The molecule has 6 nitrogen and oxygen atoms in total. The molecule has 2 aromatic rings. The molecule has 1 unspecified atom stereocenters. The zero-order valence-corrected chi connectivity index (χ0v) is 10.5. The van der Waals surface area contributed by atoms with Gasteiger partial charge in [0.2, 0.25) is 11.8 Å². The van der Waals surface area contributed by atoms with Crippen molar-refractivity contribution in [1.82, 2.24) is 10.2 Å². The highest BCUT2D eigenvalue weighted by molar-refractivity contribution is 6.20. The second-order valence-electron chi connectivity index (χ2n) is 3.82. The van der Waals surface area contributed by atoms with Crippen LogP contribution in [0.3, 0.4) is 0 Å². The lowest BCUT2D eigenvalue weighted by atomic mass is 10.1. The van der Waals surface area contributed by atoms with Crippen LogP contribution < -0.4 is 0 Å². The molecule has 0 amide bonds. The monoisotopic (exact) mass is 267 g/mol. The average Bonchev–Trinajstić information content (AvgIpc) is 2.78. The molecule has 0 aliphatic rings. The molecular weight excluding hydrogens is 258 g/mol. The molecule has 0 fully saturated rings. The summed E-state index contributed by atoms with van der Waals surface area (Å²) in [6, 6.07) is 4.48. The molecule has 0 radical (unpaired) electrons. The lowest BCUT2D eigenvalue weighted by molar-refractivity contribution is -0.384. The minimum absolute atomic E-state index is 0.0192. The van der Waals surface area contributed by atoms with Crippen molar-refractivity contribution in [2.45, 2.75) is 19.2 Å². The zero-order valence-electron chi connectivity index (χ0n) is 9.75. The lowest BCUT2D eigenvalue weighted by Gasteiger charge is -2.00. The van der Waals surface area contributed by atoms with Crippen LogP contribution in [0.4, 0.5) is 5.69 Å². The van der Waals surface area contributed by atoms with E-state index in [0.717, 1.165) is 5.56 Å². The van der Waals surface area contributed by atoms with Gasteiger partial charge in [0.15, 0.2) is 0 Å². The van der Waals surface area contributed by atoms with E-state index in [1.54, 1.807) is 13.0 Å². The fraction of sp³-hybridized carbons (Fsp3) is 0.273. The normalized spacial score (nSPS) is 12.4. The number of halogens is 1.